The largest absolute Gasteiger partial charge is 0.495 e. The predicted octanol–water partition coefficient (Wildman–Crippen LogP) is 4.93. The van der Waals surface area contributed by atoms with Crippen LogP contribution in [0.5, 0.6) is 5.75 Å². The number of para-hydroxylation sites is 2. The molecule has 3 N–H and O–H groups in total. The van der Waals surface area contributed by atoms with E-state index in [9.17, 15) is 17.6 Å². The zero-order valence-electron chi connectivity index (χ0n) is 15.6. The number of carbonyl (C=O) groups is 1. The zero-order chi connectivity index (χ0) is 21.7. The smallest absolute Gasteiger partial charge is 0.323 e. The zero-order valence-corrected chi connectivity index (χ0v) is 17.2. The number of benzene rings is 3. The van der Waals surface area contributed by atoms with Crippen molar-refractivity contribution < 1.29 is 22.3 Å². The monoisotopic (exact) mass is 449 g/mol. The number of anilines is 3. The van der Waals surface area contributed by atoms with Crippen molar-refractivity contribution in [1.29, 1.82) is 0 Å². The molecule has 156 valence electrons. The molecule has 0 spiro atoms. The number of carbonyl (C=O) groups excluding carboxylic acids is 1. The molecule has 0 fully saturated rings. The molecule has 7 nitrogen and oxygen atoms in total. The van der Waals surface area contributed by atoms with E-state index < -0.39 is 21.9 Å². The maximum atomic E-state index is 13.7. The van der Waals surface area contributed by atoms with Crippen LogP contribution in [0.15, 0.2) is 71.6 Å². The van der Waals surface area contributed by atoms with E-state index in [2.05, 4.69) is 15.4 Å². The Bertz CT molecular complexity index is 1190. The van der Waals surface area contributed by atoms with Crippen molar-refractivity contribution >= 4 is 44.7 Å². The molecule has 0 saturated heterocycles. The maximum absolute atomic E-state index is 13.7. The Balaban J connectivity index is 1.85. The lowest BCUT2D eigenvalue weighted by Crippen LogP contribution is -2.21. The number of methoxy groups -OCH3 is 1. The number of hydrogen-bond acceptors (Lipinski definition) is 4. The second-order valence-electron chi connectivity index (χ2n) is 6.01. The van der Waals surface area contributed by atoms with Crippen LogP contribution in [0.3, 0.4) is 0 Å². The van der Waals surface area contributed by atoms with E-state index in [1.165, 1.54) is 49.6 Å². The van der Waals surface area contributed by atoms with Crippen LogP contribution in [-0.4, -0.2) is 21.6 Å². The molecule has 0 saturated carbocycles. The average molecular weight is 450 g/mol. The summed E-state index contributed by atoms with van der Waals surface area (Å²) in [5, 5.41) is 5.04. The fourth-order valence-corrected chi connectivity index (χ4v) is 4.07. The minimum absolute atomic E-state index is 0.0169. The summed E-state index contributed by atoms with van der Waals surface area (Å²) in [6.45, 7) is 0. The normalized spacial score (nSPS) is 10.9. The first-order valence-electron chi connectivity index (χ1n) is 8.58. The molecule has 0 radical (unpaired) electrons. The van der Waals surface area contributed by atoms with Gasteiger partial charge in [-0.1, -0.05) is 35.9 Å². The number of ether oxygens (including phenoxy) is 1. The Labute approximate surface area is 177 Å². The number of sulfonamides is 1. The van der Waals surface area contributed by atoms with Gasteiger partial charge in [-0.25, -0.2) is 17.6 Å². The minimum Gasteiger partial charge on any atom is -0.495 e. The van der Waals surface area contributed by atoms with Crippen LogP contribution in [0.1, 0.15) is 0 Å². The van der Waals surface area contributed by atoms with Crippen LogP contribution >= 0.6 is 11.6 Å². The quantitative estimate of drug-likeness (QED) is 0.497. The molecule has 3 aromatic carbocycles. The van der Waals surface area contributed by atoms with Crippen molar-refractivity contribution in [2.75, 3.05) is 22.5 Å². The van der Waals surface area contributed by atoms with Gasteiger partial charge in [0.1, 0.15) is 16.5 Å². The fraction of sp³-hybridized carbons (Fsp3) is 0.0500. The van der Waals surface area contributed by atoms with Crippen LogP contribution in [0.25, 0.3) is 0 Å². The van der Waals surface area contributed by atoms with Gasteiger partial charge >= 0.3 is 6.03 Å². The van der Waals surface area contributed by atoms with Gasteiger partial charge < -0.3 is 15.4 Å². The number of nitrogens with one attached hydrogen (secondary N) is 3. The Morgan fingerprint density at radius 2 is 1.63 bits per heavy atom. The lowest BCUT2D eigenvalue weighted by molar-refractivity contribution is 0.262. The molecule has 0 atom stereocenters. The number of halogens is 2. The van der Waals surface area contributed by atoms with Gasteiger partial charge in [0.05, 0.1) is 23.5 Å². The SMILES string of the molecule is COc1ccc(NC(=O)Nc2ccccc2F)cc1S(=O)(=O)Nc1ccccc1Cl. The van der Waals surface area contributed by atoms with Crippen molar-refractivity contribution in [3.8, 4) is 5.75 Å². The number of rotatable bonds is 6. The highest BCUT2D eigenvalue weighted by molar-refractivity contribution is 7.92. The van der Waals surface area contributed by atoms with Gasteiger partial charge in [0.25, 0.3) is 10.0 Å². The average Bonchev–Trinajstić information content (AvgIpc) is 2.71. The van der Waals surface area contributed by atoms with E-state index in [4.69, 9.17) is 16.3 Å². The molecule has 30 heavy (non-hydrogen) atoms. The summed E-state index contributed by atoms with van der Waals surface area (Å²) in [6, 6.07) is 15.3. The van der Waals surface area contributed by atoms with Crippen LogP contribution in [-0.2, 0) is 10.0 Å². The Morgan fingerprint density at radius 1 is 0.967 bits per heavy atom. The van der Waals surface area contributed by atoms with Crippen molar-refractivity contribution in [3.05, 3.63) is 77.6 Å². The summed E-state index contributed by atoms with van der Waals surface area (Å²) in [7, 11) is -2.77. The highest BCUT2D eigenvalue weighted by Crippen LogP contribution is 2.31. The highest BCUT2D eigenvalue weighted by Gasteiger charge is 2.22. The van der Waals surface area contributed by atoms with Gasteiger partial charge in [-0.05, 0) is 42.5 Å². The Morgan fingerprint density at radius 3 is 2.30 bits per heavy atom. The first kappa shape index (κ1) is 21.4. The van der Waals surface area contributed by atoms with Gasteiger partial charge in [-0.3, -0.25) is 4.72 Å². The lowest BCUT2D eigenvalue weighted by atomic mass is 10.3. The fourth-order valence-electron chi connectivity index (χ4n) is 2.56. The third-order valence-electron chi connectivity index (χ3n) is 3.95. The van der Waals surface area contributed by atoms with Gasteiger partial charge in [-0.15, -0.1) is 0 Å². The molecule has 10 heteroatoms. The van der Waals surface area contributed by atoms with Crippen LogP contribution in [0.4, 0.5) is 26.2 Å². The Hall–Kier alpha value is -3.30. The van der Waals surface area contributed by atoms with Gasteiger partial charge in [0.15, 0.2) is 0 Å². The van der Waals surface area contributed by atoms with E-state index in [1.807, 2.05) is 0 Å². The molecule has 0 bridgehead atoms. The van der Waals surface area contributed by atoms with E-state index >= 15 is 0 Å². The second kappa shape index (κ2) is 9.02. The molecule has 0 aliphatic heterocycles. The molecule has 3 rings (SSSR count). The molecular formula is C20H17ClFN3O4S. The van der Waals surface area contributed by atoms with Crippen molar-refractivity contribution in [3.63, 3.8) is 0 Å². The molecule has 0 unspecified atom stereocenters. The molecule has 0 aliphatic rings. The van der Waals surface area contributed by atoms with Gasteiger partial charge in [0.2, 0.25) is 0 Å². The first-order chi connectivity index (χ1) is 14.3. The van der Waals surface area contributed by atoms with Crippen molar-refractivity contribution in [2.24, 2.45) is 0 Å². The second-order valence-corrected chi connectivity index (χ2v) is 8.07. The summed E-state index contributed by atoms with van der Waals surface area (Å²) < 4.78 is 47.0. The predicted molar refractivity (Wildman–Crippen MR) is 114 cm³/mol. The standard InChI is InChI=1S/C20H17ClFN3O4S/c1-29-18-11-10-13(23-20(26)24-17-9-5-3-7-15(17)22)12-19(18)30(27,28)25-16-8-4-2-6-14(16)21/h2-12,25H,1H3,(H2,23,24,26). The van der Waals surface area contributed by atoms with E-state index in [1.54, 1.807) is 24.3 Å². The van der Waals surface area contributed by atoms with Gasteiger partial charge in [0, 0.05) is 5.69 Å². The third-order valence-corrected chi connectivity index (χ3v) is 5.67. The summed E-state index contributed by atoms with van der Waals surface area (Å²) in [4.78, 5) is 12.0. The van der Waals surface area contributed by atoms with Crippen molar-refractivity contribution in [2.45, 2.75) is 4.90 Å². The molecule has 0 aliphatic carbocycles. The summed E-state index contributed by atoms with van der Waals surface area (Å²) in [6.07, 6.45) is 0. The van der Waals surface area contributed by atoms with Crippen molar-refractivity contribution in [1.82, 2.24) is 0 Å². The number of amides is 2. The van der Waals surface area contributed by atoms with E-state index in [-0.39, 0.29) is 32.7 Å². The van der Waals surface area contributed by atoms with E-state index in [0.29, 0.717) is 0 Å². The molecule has 0 heterocycles. The van der Waals surface area contributed by atoms with Crippen LogP contribution in [0, 0.1) is 5.82 Å². The molecular weight excluding hydrogens is 433 g/mol. The third kappa shape index (κ3) is 5.00. The van der Waals surface area contributed by atoms with Gasteiger partial charge in [-0.2, -0.15) is 0 Å². The number of hydrogen-bond donors (Lipinski definition) is 3. The summed E-state index contributed by atoms with van der Waals surface area (Å²) in [5.41, 5.74) is 0.331. The molecule has 2 amide bonds. The maximum Gasteiger partial charge on any atom is 0.323 e. The van der Waals surface area contributed by atoms with Crippen LogP contribution < -0.4 is 20.1 Å². The highest BCUT2D eigenvalue weighted by atomic mass is 35.5. The Kier molecular flexibility index (Phi) is 6.43. The topological polar surface area (TPSA) is 96.5 Å². The lowest BCUT2D eigenvalue weighted by Gasteiger charge is -2.14. The number of urea groups is 1. The minimum atomic E-state index is -4.09. The van der Waals surface area contributed by atoms with Crippen LogP contribution in [0.2, 0.25) is 5.02 Å². The molecule has 0 aromatic heterocycles. The van der Waals surface area contributed by atoms with E-state index in [0.717, 1.165) is 0 Å². The molecule has 3 aromatic rings. The summed E-state index contributed by atoms with van der Waals surface area (Å²) >= 11 is 6.03. The summed E-state index contributed by atoms with van der Waals surface area (Å²) in [5.74, 6) is -0.538. The first-order valence-corrected chi connectivity index (χ1v) is 10.4.